The van der Waals surface area contributed by atoms with E-state index in [2.05, 4.69) is 67.4 Å². The number of carbonyl (C=O) groups excluding carboxylic acids is 1. The number of hydrogen-bond acceptors (Lipinski definition) is 5. The molecule has 0 saturated heterocycles. The average molecular weight is 516 g/mol. The van der Waals surface area contributed by atoms with Gasteiger partial charge in [-0.2, -0.15) is 0 Å². The van der Waals surface area contributed by atoms with Crippen LogP contribution in [0.3, 0.4) is 0 Å². The normalized spacial score (nSPS) is 18.7. The van der Waals surface area contributed by atoms with Gasteiger partial charge in [0.1, 0.15) is 11.9 Å². The summed E-state index contributed by atoms with van der Waals surface area (Å²) in [5.74, 6) is 0.863. The first-order chi connectivity index (χ1) is 18.2. The molecule has 4 rings (SSSR count). The minimum absolute atomic E-state index is 0.0201. The van der Waals surface area contributed by atoms with Crippen LogP contribution in [0.1, 0.15) is 25.0 Å². The molecule has 6 heteroatoms. The zero-order chi connectivity index (χ0) is 27.2. The van der Waals surface area contributed by atoms with Crippen molar-refractivity contribution in [1.29, 1.82) is 0 Å². The Labute approximate surface area is 227 Å². The van der Waals surface area contributed by atoms with Crippen LogP contribution in [-0.2, 0) is 17.8 Å². The highest BCUT2D eigenvalue weighted by Crippen LogP contribution is 2.30. The Bertz CT molecular complexity index is 1200. The van der Waals surface area contributed by atoms with E-state index in [0.29, 0.717) is 13.1 Å². The minimum atomic E-state index is -0.245. The number of rotatable bonds is 8. The van der Waals surface area contributed by atoms with Crippen LogP contribution in [0, 0.1) is 5.92 Å². The summed E-state index contributed by atoms with van der Waals surface area (Å²) in [4.78, 5) is 19.5. The van der Waals surface area contributed by atoms with Crippen LogP contribution < -0.4 is 9.64 Å². The molecular weight excluding hydrogens is 474 g/mol. The van der Waals surface area contributed by atoms with Crippen molar-refractivity contribution in [3.05, 3.63) is 83.9 Å². The predicted molar refractivity (Wildman–Crippen MR) is 155 cm³/mol. The summed E-state index contributed by atoms with van der Waals surface area (Å²) < 4.78 is 6.66. The first kappa shape index (κ1) is 27.7. The highest BCUT2D eigenvalue weighted by molar-refractivity contribution is 5.80. The number of hydrogen-bond donors (Lipinski definition) is 1. The fraction of sp³-hybridized carbons (Fsp3) is 0.406. The monoisotopic (exact) mass is 515 g/mol. The largest absolute Gasteiger partial charge is 0.488 e. The maximum Gasteiger partial charge on any atom is 0.227 e. The van der Waals surface area contributed by atoms with Crippen molar-refractivity contribution in [3.8, 4) is 16.9 Å². The van der Waals surface area contributed by atoms with E-state index in [9.17, 15) is 9.90 Å². The lowest BCUT2D eigenvalue weighted by Crippen LogP contribution is -2.47. The molecule has 3 atom stereocenters. The number of fused-ring (bicyclic) bond motifs is 1. The second-order valence-electron chi connectivity index (χ2n) is 10.8. The van der Waals surface area contributed by atoms with Gasteiger partial charge in [0.25, 0.3) is 0 Å². The topological polar surface area (TPSA) is 56.3 Å². The Morgan fingerprint density at radius 1 is 1.00 bits per heavy atom. The summed E-state index contributed by atoms with van der Waals surface area (Å²) in [6, 6.07) is 25.0. The number of amides is 1. The third-order valence-corrected chi connectivity index (χ3v) is 7.42. The molecule has 3 aromatic carbocycles. The molecule has 0 saturated carbocycles. The number of carbonyl (C=O) groups is 1. The van der Waals surface area contributed by atoms with Gasteiger partial charge >= 0.3 is 0 Å². The van der Waals surface area contributed by atoms with Crippen LogP contribution in [-0.4, -0.2) is 73.8 Å². The van der Waals surface area contributed by atoms with E-state index in [-0.39, 0.29) is 37.0 Å². The van der Waals surface area contributed by atoms with E-state index in [0.717, 1.165) is 23.5 Å². The molecule has 0 radical (unpaired) electrons. The zero-order valence-corrected chi connectivity index (χ0v) is 23.3. The van der Waals surface area contributed by atoms with Gasteiger partial charge in [0.15, 0.2) is 0 Å². The van der Waals surface area contributed by atoms with E-state index >= 15 is 0 Å². The number of anilines is 1. The van der Waals surface area contributed by atoms with Crippen molar-refractivity contribution in [3.63, 3.8) is 0 Å². The summed E-state index contributed by atoms with van der Waals surface area (Å²) in [7, 11) is 6.10. The lowest BCUT2D eigenvalue weighted by molar-refractivity contribution is -0.134. The van der Waals surface area contributed by atoms with E-state index in [4.69, 9.17) is 4.74 Å². The third kappa shape index (κ3) is 6.74. The Morgan fingerprint density at radius 2 is 1.68 bits per heavy atom. The van der Waals surface area contributed by atoms with Gasteiger partial charge in [-0.25, -0.2) is 0 Å². The molecule has 1 aliphatic rings. The van der Waals surface area contributed by atoms with Crippen molar-refractivity contribution in [2.45, 2.75) is 39.0 Å². The maximum absolute atomic E-state index is 13.3. The van der Waals surface area contributed by atoms with Crippen LogP contribution in [0.25, 0.3) is 11.1 Å². The molecule has 6 nitrogen and oxygen atoms in total. The molecule has 0 spiro atoms. The number of aliphatic hydroxyl groups excluding tert-OH is 1. The van der Waals surface area contributed by atoms with Gasteiger partial charge in [-0.05, 0) is 48.9 Å². The van der Waals surface area contributed by atoms with Crippen LogP contribution in [0.15, 0.2) is 72.8 Å². The van der Waals surface area contributed by atoms with Crippen molar-refractivity contribution in [1.82, 2.24) is 9.80 Å². The molecule has 202 valence electrons. The first-order valence-electron chi connectivity index (χ1n) is 13.4. The number of ether oxygens (including phenoxy) is 1. The predicted octanol–water partition coefficient (Wildman–Crippen LogP) is 4.70. The summed E-state index contributed by atoms with van der Waals surface area (Å²) in [6.45, 7) is 6.03. The van der Waals surface area contributed by atoms with Gasteiger partial charge in [0.2, 0.25) is 5.91 Å². The number of benzene rings is 3. The SMILES string of the molecule is C[C@@H]1CN([C@H](C)CO)C(=O)Cc2cc(N(C)C)ccc2O[C@@H]1CN(C)Cc1ccc(-c2ccccc2)cc1. The summed E-state index contributed by atoms with van der Waals surface area (Å²) >= 11 is 0. The zero-order valence-electron chi connectivity index (χ0n) is 23.3. The molecule has 38 heavy (non-hydrogen) atoms. The highest BCUT2D eigenvalue weighted by atomic mass is 16.5. The smallest absolute Gasteiger partial charge is 0.227 e. The molecule has 0 unspecified atom stereocenters. The summed E-state index contributed by atoms with van der Waals surface area (Å²) in [6.07, 6.45) is 0.136. The van der Waals surface area contributed by atoms with Gasteiger partial charge in [0.05, 0.1) is 19.1 Å². The fourth-order valence-corrected chi connectivity index (χ4v) is 5.03. The second-order valence-corrected chi connectivity index (χ2v) is 10.8. The minimum Gasteiger partial charge on any atom is -0.488 e. The molecule has 1 aliphatic heterocycles. The van der Waals surface area contributed by atoms with E-state index < -0.39 is 0 Å². The molecule has 3 aromatic rings. The Morgan fingerprint density at radius 3 is 2.34 bits per heavy atom. The molecule has 0 aromatic heterocycles. The van der Waals surface area contributed by atoms with E-state index in [1.807, 2.05) is 55.1 Å². The maximum atomic E-state index is 13.3. The summed E-state index contributed by atoms with van der Waals surface area (Å²) in [5.41, 5.74) is 5.58. The van der Waals surface area contributed by atoms with Crippen LogP contribution >= 0.6 is 0 Å². The van der Waals surface area contributed by atoms with Crippen molar-refractivity contribution in [2.75, 3.05) is 45.7 Å². The first-order valence-corrected chi connectivity index (χ1v) is 13.4. The van der Waals surface area contributed by atoms with Gasteiger partial charge in [-0.1, -0.05) is 61.5 Å². The lowest BCUT2D eigenvalue weighted by atomic mass is 10.0. The standard InChI is InChI=1S/C32H41N3O3/c1-23-19-35(24(2)22-36)32(37)18-28-17-29(33(3)4)15-16-30(28)38-31(23)21-34(5)20-25-11-13-27(14-12-25)26-9-7-6-8-10-26/h6-17,23-24,31,36H,18-22H2,1-5H3/t23-,24-,31-/m1/s1. The molecule has 1 heterocycles. The second kappa shape index (κ2) is 12.5. The van der Waals surface area contributed by atoms with Gasteiger partial charge in [-0.3, -0.25) is 9.69 Å². The quantitative estimate of drug-likeness (QED) is 0.471. The van der Waals surface area contributed by atoms with Crippen molar-refractivity contribution in [2.24, 2.45) is 5.92 Å². The fourth-order valence-electron chi connectivity index (χ4n) is 5.03. The lowest BCUT2D eigenvalue weighted by Gasteiger charge is -2.34. The van der Waals surface area contributed by atoms with Gasteiger partial charge in [-0.15, -0.1) is 0 Å². The number of aliphatic hydroxyl groups is 1. The molecule has 0 fully saturated rings. The summed E-state index contributed by atoms with van der Waals surface area (Å²) in [5, 5.41) is 9.86. The van der Waals surface area contributed by atoms with Gasteiger partial charge < -0.3 is 19.6 Å². The van der Waals surface area contributed by atoms with Gasteiger partial charge in [0, 0.05) is 50.9 Å². The van der Waals surface area contributed by atoms with Crippen molar-refractivity contribution < 1.29 is 14.6 Å². The Kier molecular flexibility index (Phi) is 9.08. The number of nitrogens with zero attached hydrogens (tertiary/aromatic N) is 3. The molecule has 1 amide bonds. The van der Waals surface area contributed by atoms with Crippen LogP contribution in [0.4, 0.5) is 5.69 Å². The Hall–Kier alpha value is -3.35. The highest BCUT2D eigenvalue weighted by Gasteiger charge is 2.31. The molecular formula is C32H41N3O3. The number of likely N-dealkylation sites (N-methyl/N-ethyl adjacent to an activating group) is 1. The Balaban J connectivity index is 1.53. The van der Waals surface area contributed by atoms with E-state index in [1.54, 1.807) is 0 Å². The molecule has 0 bridgehead atoms. The van der Waals surface area contributed by atoms with E-state index in [1.165, 1.54) is 16.7 Å². The van der Waals surface area contributed by atoms with Crippen LogP contribution in [0.5, 0.6) is 5.75 Å². The van der Waals surface area contributed by atoms with Crippen molar-refractivity contribution >= 4 is 11.6 Å². The molecule has 1 N–H and O–H groups in total. The average Bonchev–Trinajstić information content (AvgIpc) is 2.96. The third-order valence-electron chi connectivity index (χ3n) is 7.42. The van der Waals surface area contributed by atoms with Crippen LogP contribution in [0.2, 0.25) is 0 Å². The molecule has 0 aliphatic carbocycles.